The Kier molecular flexibility index (Phi) is 5.53. The number of nitrogens with one attached hydrogen (secondary N) is 1. The Labute approximate surface area is 96.4 Å². The van der Waals surface area contributed by atoms with Crippen LogP contribution in [0.1, 0.15) is 5.56 Å². The highest BCUT2D eigenvalue weighted by Gasteiger charge is 2.08. The second-order valence-corrected chi connectivity index (χ2v) is 3.66. The summed E-state index contributed by atoms with van der Waals surface area (Å²) in [6, 6.07) is 10.1. The summed E-state index contributed by atoms with van der Waals surface area (Å²) in [5.41, 5.74) is 6.72. The van der Waals surface area contributed by atoms with E-state index >= 15 is 0 Å². The zero-order valence-electron chi connectivity index (χ0n) is 9.65. The minimum atomic E-state index is 0.0179. The van der Waals surface area contributed by atoms with Gasteiger partial charge in [0.1, 0.15) is 0 Å². The van der Waals surface area contributed by atoms with Gasteiger partial charge in [-0.25, -0.2) is 0 Å². The molecule has 0 aliphatic carbocycles. The molecule has 0 aliphatic rings. The first kappa shape index (κ1) is 12.7. The van der Waals surface area contributed by atoms with Crippen molar-refractivity contribution >= 4 is 5.91 Å². The van der Waals surface area contributed by atoms with Gasteiger partial charge in [-0.2, -0.15) is 0 Å². The third kappa shape index (κ3) is 4.42. The first-order valence-electron chi connectivity index (χ1n) is 5.43. The Morgan fingerprint density at radius 1 is 1.38 bits per heavy atom. The molecule has 4 nitrogen and oxygen atoms in total. The number of carbonyl (C=O) groups excluding carboxylic acids is 1. The smallest absolute Gasteiger partial charge is 0.233 e. The Morgan fingerprint density at radius 2 is 2.06 bits per heavy atom. The van der Waals surface area contributed by atoms with E-state index in [2.05, 4.69) is 5.32 Å². The van der Waals surface area contributed by atoms with Crippen LogP contribution in [0.2, 0.25) is 0 Å². The summed E-state index contributed by atoms with van der Waals surface area (Å²) in [6.07, 6.45) is 0. The van der Waals surface area contributed by atoms with Gasteiger partial charge in [-0.15, -0.1) is 0 Å². The molecule has 0 saturated heterocycles. The van der Waals surface area contributed by atoms with Gasteiger partial charge in [-0.05, 0) is 5.56 Å². The van der Waals surface area contributed by atoms with Gasteiger partial charge in [-0.3, -0.25) is 9.69 Å². The molecule has 16 heavy (non-hydrogen) atoms. The average molecular weight is 221 g/mol. The summed E-state index contributed by atoms with van der Waals surface area (Å²) in [6.45, 7) is 2.43. The first-order chi connectivity index (χ1) is 7.76. The van der Waals surface area contributed by atoms with E-state index in [0.29, 0.717) is 13.1 Å². The van der Waals surface area contributed by atoms with E-state index < -0.39 is 0 Å². The molecule has 0 heterocycles. The summed E-state index contributed by atoms with van der Waals surface area (Å²) in [5, 5.41) is 2.62. The van der Waals surface area contributed by atoms with Crippen molar-refractivity contribution < 1.29 is 4.79 Å². The van der Waals surface area contributed by atoms with E-state index in [0.717, 1.165) is 13.1 Å². The summed E-state index contributed by atoms with van der Waals surface area (Å²) in [4.78, 5) is 13.3. The molecule has 0 spiro atoms. The quantitative estimate of drug-likeness (QED) is 0.721. The molecule has 0 fully saturated rings. The topological polar surface area (TPSA) is 58.4 Å². The highest BCUT2D eigenvalue weighted by molar-refractivity contribution is 5.77. The van der Waals surface area contributed by atoms with Crippen LogP contribution < -0.4 is 11.1 Å². The van der Waals surface area contributed by atoms with Crippen molar-refractivity contribution in [1.29, 1.82) is 0 Å². The third-order valence-electron chi connectivity index (χ3n) is 2.34. The molecule has 0 unspecified atom stereocenters. The molecule has 0 saturated carbocycles. The Hall–Kier alpha value is -1.39. The minimum Gasteiger partial charge on any atom is -0.358 e. The number of likely N-dealkylation sites (N-methyl/N-ethyl adjacent to an activating group) is 1. The van der Waals surface area contributed by atoms with Crippen LogP contribution in [0, 0.1) is 0 Å². The molecule has 3 N–H and O–H groups in total. The summed E-state index contributed by atoms with van der Waals surface area (Å²) in [7, 11) is 1.64. The lowest BCUT2D eigenvalue weighted by Gasteiger charge is -2.20. The fourth-order valence-corrected chi connectivity index (χ4v) is 1.52. The van der Waals surface area contributed by atoms with Crippen LogP contribution in [0.25, 0.3) is 0 Å². The van der Waals surface area contributed by atoms with Crippen LogP contribution >= 0.6 is 0 Å². The van der Waals surface area contributed by atoms with Crippen molar-refractivity contribution in [2.24, 2.45) is 5.73 Å². The standard InChI is InChI=1S/C12H19N3O/c1-14-12(16)10-15(8-7-13)9-11-5-3-2-4-6-11/h2-6H,7-10,13H2,1H3,(H,14,16). The van der Waals surface area contributed by atoms with Gasteiger partial charge in [0.05, 0.1) is 6.54 Å². The monoisotopic (exact) mass is 221 g/mol. The summed E-state index contributed by atoms with van der Waals surface area (Å²) in [5.74, 6) is 0.0179. The van der Waals surface area contributed by atoms with Crippen molar-refractivity contribution in [3.63, 3.8) is 0 Å². The zero-order valence-corrected chi connectivity index (χ0v) is 9.65. The number of hydrogen-bond donors (Lipinski definition) is 2. The predicted molar refractivity (Wildman–Crippen MR) is 64.8 cm³/mol. The van der Waals surface area contributed by atoms with E-state index in [4.69, 9.17) is 5.73 Å². The molecule has 0 aliphatic heterocycles. The van der Waals surface area contributed by atoms with Crippen molar-refractivity contribution in [1.82, 2.24) is 10.2 Å². The fraction of sp³-hybridized carbons (Fsp3) is 0.417. The highest BCUT2D eigenvalue weighted by Crippen LogP contribution is 2.03. The van der Waals surface area contributed by atoms with Crippen LogP contribution in [-0.4, -0.2) is 37.5 Å². The van der Waals surface area contributed by atoms with E-state index in [9.17, 15) is 4.79 Å². The van der Waals surface area contributed by atoms with Gasteiger partial charge in [0.15, 0.2) is 0 Å². The maximum atomic E-state index is 11.3. The number of hydrogen-bond acceptors (Lipinski definition) is 3. The van der Waals surface area contributed by atoms with Crippen molar-refractivity contribution in [3.05, 3.63) is 35.9 Å². The van der Waals surface area contributed by atoms with E-state index in [-0.39, 0.29) is 5.91 Å². The van der Waals surface area contributed by atoms with Crippen molar-refractivity contribution in [2.75, 3.05) is 26.7 Å². The molecule has 1 aromatic rings. The largest absolute Gasteiger partial charge is 0.358 e. The maximum absolute atomic E-state index is 11.3. The van der Waals surface area contributed by atoms with Crippen LogP contribution in [0.5, 0.6) is 0 Å². The molecule has 0 aromatic heterocycles. The number of nitrogens with two attached hydrogens (primary N) is 1. The highest BCUT2D eigenvalue weighted by atomic mass is 16.1. The molecular weight excluding hydrogens is 202 g/mol. The molecule has 88 valence electrons. The molecule has 0 atom stereocenters. The molecule has 0 radical (unpaired) electrons. The maximum Gasteiger partial charge on any atom is 0.233 e. The van der Waals surface area contributed by atoms with Gasteiger partial charge >= 0.3 is 0 Å². The summed E-state index contributed by atoms with van der Waals surface area (Å²) >= 11 is 0. The van der Waals surface area contributed by atoms with Crippen molar-refractivity contribution in [3.8, 4) is 0 Å². The van der Waals surface area contributed by atoms with Gasteiger partial charge < -0.3 is 11.1 Å². The lowest BCUT2D eigenvalue weighted by Crippen LogP contribution is -2.37. The minimum absolute atomic E-state index is 0.0179. The van der Waals surface area contributed by atoms with Crippen LogP contribution in [0.15, 0.2) is 30.3 Å². The normalized spacial score (nSPS) is 10.4. The molecule has 0 bridgehead atoms. The summed E-state index contributed by atoms with van der Waals surface area (Å²) < 4.78 is 0. The van der Waals surface area contributed by atoms with Gasteiger partial charge in [0.2, 0.25) is 5.91 Å². The molecular formula is C12H19N3O. The molecule has 1 amide bonds. The Morgan fingerprint density at radius 3 is 2.62 bits per heavy atom. The van der Waals surface area contributed by atoms with Gasteiger partial charge in [0.25, 0.3) is 0 Å². The molecule has 1 rings (SSSR count). The predicted octanol–water partition coefficient (Wildman–Crippen LogP) is 0.193. The Bertz CT molecular complexity index is 313. The molecule has 4 heteroatoms. The van der Waals surface area contributed by atoms with Gasteiger partial charge in [0, 0.05) is 26.7 Å². The van der Waals surface area contributed by atoms with E-state index in [1.165, 1.54) is 5.56 Å². The number of amides is 1. The number of rotatable bonds is 6. The number of benzene rings is 1. The third-order valence-corrected chi connectivity index (χ3v) is 2.34. The van der Waals surface area contributed by atoms with Gasteiger partial charge in [-0.1, -0.05) is 30.3 Å². The number of nitrogens with zero attached hydrogens (tertiary/aromatic N) is 1. The number of carbonyl (C=O) groups is 1. The zero-order chi connectivity index (χ0) is 11.8. The average Bonchev–Trinajstić information content (AvgIpc) is 2.30. The lowest BCUT2D eigenvalue weighted by atomic mass is 10.2. The van der Waals surface area contributed by atoms with Crippen LogP contribution in [-0.2, 0) is 11.3 Å². The first-order valence-corrected chi connectivity index (χ1v) is 5.43. The molecule has 1 aromatic carbocycles. The SMILES string of the molecule is CNC(=O)CN(CCN)Cc1ccccc1. The Balaban J connectivity index is 2.54. The van der Waals surface area contributed by atoms with Crippen LogP contribution in [0.4, 0.5) is 0 Å². The lowest BCUT2D eigenvalue weighted by molar-refractivity contribution is -0.121. The fourth-order valence-electron chi connectivity index (χ4n) is 1.52. The second kappa shape index (κ2) is 6.98. The van der Waals surface area contributed by atoms with E-state index in [1.807, 2.05) is 35.2 Å². The van der Waals surface area contributed by atoms with Crippen LogP contribution in [0.3, 0.4) is 0 Å². The van der Waals surface area contributed by atoms with Crippen molar-refractivity contribution in [2.45, 2.75) is 6.54 Å². The second-order valence-electron chi connectivity index (χ2n) is 3.66. The van der Waals surface area contributed by atoms with E-state index in [1.54, 1.807) is 7.05 Å².